The zero-order valence-electron chi connectivity index (χ0n) is 13.1. The highest BCUT2D eigenvalue weighted by atomic mass is 28.3. The lowest BCUT2D eigenvalue weighted by Crippen LogP contribution is -2.52. The fourth-order valence-corrected chi connectivity index (χ4v) is 3.49. The van der Waals surface area contributed by atoms with Gasteiger partial charge in [0, 0.05) is 6.54 Å². The highest BCUT2D eigenvalue weighted by molar-refractivity contribution is 6.81. The largest absolute Gasteiger partial charge is 0.395 e. The summed E-state index contributed by atoms with van der Waals surface area (Å²) in [6.07, 6.45) is 1.43. The van der Waals surface area contributed by atoms with E-state index < -0.39 is 13.8 Å². The number of hydrogen-bond acceptors (Lipinski definition) is 5. The van der Waals surface area contributed by atoms with Gasteiger partial charge in [-0.1, -0.05) is 33.9 Å². The Morgan fingerprint density at radius 2 is 2.10 bits per heavy atom. The van der Waals surface area contributed by atoms with Crippen molar-refractivity contribution in [1.29, 1.82) is 0 Å². The Kier molecular flexibility index (Phi) is 3.94. The SMILES string of the molecule is CC(C)(C)[Si](C)(C)C(O)CNc1nc2nc[nH]c2c(=O)[nH]1. The van der Waals surface area contributed by atoms with Crippen LogP contribution in [0, 0.1) is 0 Å². The van der Waals surface area contributed by atoms with Gasteiger partial charge in [0.2, 0.25) is 5.95 Å². The maximum atomic E-state index is 11.8. The first kappa shape index (κ1) is 15.7. The molecule has 0 aromatic carbocycles. The van der Waals surface area contributed by atoms with Crippen molar-refractivity contribution in [3.8, 4) is 0 Å². The van der Waals surface area contributed by atoms with Crippen LogP contribution in [0.15, 0.2) is 11.1 Å². The molecule has 0 saturated carbocycles. The smallest absolute Gasteiger partial charge is 0.278 e. The van der Waals surface area contributed by atoms with Crippen molar-refractivity contribution in [2.24, 2.45) is 0 Å². The number of rotatable bonds is 4. The van der Waals surface area contributed by atoms with Crippen LogP contribution in [-0.2, 0) is 0 Å². The lowest BCUT2D eigenvalue weighted by Gasteiger charge is -2.40. The molecule has 7 nitrogen and oxygen atoms in total. The fourth-order valence-electron chi connectivity index (χ4n) is 1.87. The first-order valence-electron chi connectivity index (χ1n) is 6.98. The van der Waals surface area contributed by atoms with Crippen molar-refractivity contribution in [3.05, 3.63) is 16.7 Å². The molecular weight excluding hydrogens is 286 g/mol. The van der Waals surface area contributed by atoms with Gasteiger partial charge in [-0.15, -0.1) is 0 Å². The molecule has 0 fully saturated rings. The minimum atomic E-state index is -1.86. The van der Waals surface area contributed by atoms with Gasteiger partial charge in [0.25, 0.3) is 5.56 Å². The average Bonchev–Trinajstić information content (AvgIpc) is 2.83. The Balaban J connectivity index is 2.13. The number of aliphatic hydroxyl groups excluding tert-OH is 1. The molecule has 2 aromatic heterocycles. The normalized spacial score (nSPS) is 14.4. The van der Waals surface area contributed by atoms with Crippen LogP contribution >= 0.6 is 0 Å². The molecule has 0 radical (unpaired) electrons. The van der Waals surface area contributed by atoms with Crippen molar-refractivity contribution in [3.63, 3.8) is 0 Å². The maximum Gasteiger partial charge on any atom is 0.278 e. The van der Waals surface area contributed by atoms with E-state index in [1.54, 1.807) is 0 Å². The molecule has 116 valence electrons. The summed E-state index contributed by atoms with van der Waals surface area (Å²) in [7, 11) is -1.86. The Hall–Kier alpha value is -1.67. The zero-order chi connectivity index (χ0) is 15.8. The molecule has 0 aliphatic carbocycles. The fraction of sp³-hybridized carbons (Fsp3) is 0.615. The van der Waals surface area contributed by atoms with E-state index in [-0.39, 0.29) is 10.6 Å². The van der Waals surface area contributed by atoms with Crippen molar-refractivity contribution < 1.29 is 5.11 Å². The van der Waals surface area contributed by atoms with E-state index in [0.29, 0.717) is 23.7 Å². The summed E-state index contributed by atoms with van der Waals surface area (Å²) in [5.41, 5.74) is -0.00643. The second kappa shape index (κ2) is 5.27. The second-order valence-corrected chi connectivity index (χ2v) is 12.5. The zero-order valence-corrected chi connectivity index (χ0v) is 14.1. The van der Waals surface area contributed by atoms with E-state index in [2.05, 4.69) is 59.1 Å². The topological polar surface area (TPSA) is 107 Å². The molecule has 0 bridgehead atoms. The third kappa shape index (κ3) is 3.00. The molecule has 2 heterocycles. The number of H-pyrrole nitrogens is 2. The predicted molar refractivity (Wildman–Crippen MR) is 86.2 cm³/mol. The van der Waals surface area contributed by atoms with Gasteiger partial charge in [0.1, 0.15) is 0 Å². The van der Waals surface area contributed by atoms with E-state index in [0.717, 1.165) is 0 Å². The van der Waals surface area contributed by atoms with Gasteiger partial charge in [0.15, 0.2) is 11.2 Å². The van der Waals surface area contributed by atoms with Crippen molar-refractivity contribution in [2.75, 3.05) is 11.9 Å². The van der Waals surface area contributed by atoms with Gasteiger partial charge >= 0.3 is 0 Å². The number of nitrogens with zero attached hydrogens (tertiary/aromatic N) is 2. The number of aliphatic hydroxyl groups is 1. The van der Waals surface area contributed by atoms with Gasteiger partial charge in [-0.05, 0) is 5.04 Å². The molecule has 21 heavy (non-hydrogen) atoms. The summed E-state index contributed by atoms with van der Waals surface area (Å²) < 4.78 is 0. The van der Waals surface area contributed by atoms with Gasteiger partial charge in [-0.2, -0.15) is 4.98 Å². The van der Waals surface area contributed by atoms with Gasteiger partial charge in [-0.25, -0.2) is 4.98 Å². The third-order valence-electron chi connectivity index (χ3n) is 4.52. The summed E-state index contributed by atoms with van der Waals surface area (Å²) >= 11 is 0. The van der Waals surface area contributed by atoms with Crippen LogP contribution in [0.1, 0.15) is 20.8 Å². The van der Waals surface area contributed by atoms with Gasteiger partial charge in [-0.3, -0.25) is 9.78 Å². The number of anilines is 1. The van der Waals surface area contributed by atoms with Crippen LogP contribution in [0.3, 0.4) is 0 Å². The van der Waals surface area contributed by atoms with Crippen LogP contribution in [0.25, 0.3) is 11.2 Å². The van der Waals surface area contributed by atoms with E-state index >= 15 is 0 Å². The number of fused-ring (bicyclic) bond motifs is 1. The Morgan fingerprint density at radius 1 is 1.43 bits per heavy atom. The maximum absolute atomic E-state index is 11.8. The minimum Gasteiger partial charge on any atom is -0.395 e. The van der Waals surface area contributed by atoms with Crippen LogP contribution in [0.5, 0.6) is 0 Å². The Morgan fingerprint density at radius 3 is 2.71 bits per heavy atom. The molecule has 0 aliphatic rings. The predicted octanol–water partition coefficient (Wildman–Crippen LogP) is 1.47. The minimum absolute atomic E-state index is 0.0844. The third-order valence-corrected chi connectivity index (χ3v) is 10.3. The second-order valence-electron chi connectivity index (χ2n) is 6.88. The molecule has 1 unspecified atom stereocenters. The summed E-state index contributed by atoms with van der Waals surface area (Å²) in [5.74, 6) is 0.331. The lowest BCUT2D eigenvalue weighted by atomic mass is 10.2. The Labute approximate surface area is 124 Å². The summed E-state index contributed by atoms with van der Waals surface area (Å²) in [6, 6.07) is 0. The first-order valence-corrected chi connectivity index (χ1v) is 10.1. The molecule has 0 amide bonds. The van der Waals surface area contributed by atoms with Crippen LogP contribution in [0.2, 0.25) is 18.1 Å². The van der Waals surface area contributed by atoms with E-state index in [1.807, 2.05) is 0 Å². The average molecular weight is 309 g/mol. The lowest BCUT2D eigenvalue weighted by molar-refractivity contribution is 0.250. The molecule has 8 heteroatoms. The van der Waals surface area contributed by atoms with Crippen LogP contribution in [0.4, 0.5) is 5.95 Å². The molecular formula is C13H23N5O2Si. The van der Waals surface area contributed by atoms with E-state index in [1.165, 1.54) is 6.33 Å². The number of imidazole rings is 1. The van der Waals surface area contributed by atoms with Crippen molar-refractivity contribution in [2.45, 2.75) is 44.6 Å². The number of nitrogens with one attached hydrogen (secondary N) is 3. The van der Waals surface area contributed by atoms with Crippen molar-refractivity contribution >= 4 is 25.2 Å². The number of hydrogen-bond donors (Lipinski definition) is 4. The summed E-state index contributed by atoms with van der Waals surface area (Å²) in [4.78, 5) is 25.4. The molecule has 0 aliphatic heterocycles. The first-order chi connectivity index (χ1) is 9.63. The van der Waals surface area contributed by atoms with Crippen LogP contribution in [-0.4, -0.2) is 45.4 Å². The molecule has 0 saturated heterocycles. The van der Waals surface area contributed by atoms with Crippen molar-refractivity contribution in [1.82, 2.24) is 19.9 Å². The molecule has 2 aromatic rings. The summed E-state index contributed by atoms with van der Waals surface area (Å²) in [5, 5.41) is 13.6. The highest BCUT2D eigenvalue weighted by Gasteiger charge is 2.41. The number of aromatic nitrogens is 4. The van der Waals surface area contributed by atoms with Gasteiger partial charge in [0.05, 0.1) is 20.1 Å². The van der Waals surface area contributed by atoms with Crippen LogP contribution < -0.4 is 10.9 Å². The monoisotopic (exact) mass is 309 g/mol. The van der Waals surface area contributed by atoms with E-state index in [4.69, 9.17) is 0 Å². The molecule has 1 atom stereocenters. The number of aromatic amines is 2. The molecule has 0 spiro atoms. The Bertz CT molecular complexity index is 686. The molecule has 4 N–H and O–H groups in total. The standard InChI is InChI=1S/C13H23N5O2Si/c1-13(2,3)21(4,5)8(19)6-14-12-17-10-9(11(20)18-12)15-7-16-10/h7-8,19H,6H2,1-5H3,(H3,14,15,16,17,18,20). The van der Waals surface area contributed by atoms with E-state index in [9.17, 15) is 9.90 Å². The molecule has 2 rings (SSSR count). The quantitative estimate of drug-likeness (QED) is 0.640. The highest BCUT2D eigenvalue weighted by Crippen LogP contribution is 2.38. The van der Waals surface area contributed by atoms with Gasteiger partial charge < -0.3 is 15.4 Å². The summed E-state index contributed by atoms with van der Waals surface area (Å²) in [6.45, 7) is 11.1.